The van der Waals surface area contributed by atoms with E-state index in [4.69, 9.17) is 4.42 Å². The fourth-order valence-electron chi connectivity index (χ4n) is 14.3. The Labute approximate surface area is 508 Å². The average Bonchev–Trinajstić information content (AvgIpc) is 0.840. The summed E-state index contributed by atoms with van der Waals surface area (Å²) in [4.78, 5) is 7.72. The standard InChI is InChI=1S/C81H72BN3O/c1-78(2,3)53-36-44-69(64(45-53)51-23-14-12-15-24-51)83(56-25-16-13-17-26-56)59-40-43-68-71(50-59)84(57-37-33-52(34-38-57)60-29-22-32-75-76(60)63-28-19-21-31-74(63)86-75)72-47-55(80(7,8)9)48-73-77(72)82(68)67-42-35-54(79(4,5)6)46-70(67)85(73)58-39-41-62-61-27-18-20-30-65(61)81(10,11)66(62)49-58/h12-50H,1-11H3. The Hall–Kier alpha value is -9.32. The first-order chi connectivity index (χ1) is 41.3. The minimum atomic E-state index is -0.206. The Balaban J connectivity index is 1.01. The molecule has 12 aromatic rings. The molecule has 4 nitrogen and oxygen atoms in total. The monoisotopic (exact) mass is 1110 g/mol. The number of hydrogen-bond donors (Lipinski definition) is 0. The van der Waals surface area contributed by atoms with Gasteiger partial charge in [-0.05, 0) is 179 Å². The summed E-state index contributed by atoms with van der Waals surface area (Å²) in [6.45, 7) is 25.8. The first kappa shape index (κ1) is 53.4. The van der Waals surface area contributed by atoms with E-state index in [-0.39, 0.29) is 28.4 Å². The molecule has 0 amide bonds. The Morgan fingerprint density at radius 2 is 0.930 bits per heavy atom. The number of hydrogen-bond acceptors (Lipinski definition) is 4. The van der Waals surface area contributed by atoms with Crippen LogP contribution >= 0.6 is 0 Å². The number of para-hydroxylation sites is 2. The van der Waals surface area contributed by atoms with E-state index in [1.54, 1.807) is 0 Å². The zero-order valence-electron chi connectivity index (χ0n) is 51.3. The van der Waals surface area contributed by atoms with Crippen LogP contribution in [0.25, 0.3) is 55.3 Å². The number of benzene rings is 11. The molecule has 420 valence electrons. The van der Waals surface area contributed by atoms with Crippen LogP contribution in [0.2, 0.25) is 0 Å². The van der Waals surface area contributed by atoms with Gasteiger partial charge in [-0.25, -0.2) is 0 Å². The van der Waals surface area contributed by atoms with Crippen molar-refractivity contribution in [2.45, 2.75) is 97.8 Å². The molecule has 1 aromatic heterocycles. The first-order valence-corrected chi connectivity index (χ1v) is 30.7. The van der Waals surface area contributed by atoms with Crippen molar-refractivity contribution in [1.29, 1.82) is 0 Å². The summed E-state index contributed by atoms with van der Waals surface area (Å²) in [7, 11) is 0. The molecule has 0 saturated heterocycles. The van der Waals surface area contributed by atoms with Gasteiger partial charge in [-0.15, -0.1) is 0 Å². The van der Waals surface area contributed by atoms with E-state index in [1.807, 2.05) is 0 Å². The summed E-state index contributed by atoms with van der Waals surface area (Å²) in [5.74, 6) is 0. The Morgan fingerprint density at radius 1 is 0.384 bits per heavy atom. The van der Waals surface area contributed by atoms with Gasteiger partial charge in [0, 0.05) is 67.2 Å². The molecule has 11 aromatic carbocycles. The molecule has 1 aliphatic carbocycles. The van der Waals surface area contributed by atoms with Gasteiger partial charge in [0.1, 0.15) is 11.2 Å². The molecule has 0 spiro atoms. The van der Waals surface area contributed by atoms with Crippen LogP contribution in [0.5, 0.6) is 0 Å². The molecule has 0 bridgehead atoms. The van der Waals surface area contributed by atoms with Crippen molar-refractivity contribution in [2.75, 3.05) is 14.7 Å². The molecule has 2 aliphatic heterocycles. The van der Waals surface area contributed by atoms with Crippen molar-refractivity contribution in [1.82, 2.24) is 0 Å². The van der Waals surface area contributed by atoms with Gasteiger partial charge in [0.25, 0.3) is 6.71 Å². The van der Waals surface area contributed by atoms with Crippen LogP contribution in [0.3, 0.4) is 0 Å². The van der Waals surface area contributed by atoms with Crippen molar-refractivity contribution in [2.24, 2.45) is 0 Å². The minimum absolute atomic E-state index is 0.0546. The summed E-state index contributed by atoms with van der Waals surface area (Å²) in [5, 5.41) is 2.26. The summed E-state index contributed by atoms with van der Waals surface area (Å²) in [5.41, 5.74) is 29.4. The van der Waals surface area contributed by atoms with Gasteiger partial charge in [0.15, 0.2) is 0 Å². The number of nitrogens with zero attached hydrogens (tertiary/aromatic N) is 3. The molecule has 3 heterocycles. The molecule has 15 rings (SSSR count). The van der Waals surface area contributed by atoms with Gasteiger partial charge in [-0.3, -0.25) is 0 Å². The smallest absolute Gasteiger partial charge is 0.252 e. The van der Waals surface area contributed by atoms with Crippen molar-refractivity contribution >= 4 is 96.2 Å². The molecule has 3 aliphatic rings. The van der Waals surface area contributed by atoms with Crippen LogP contribution in [0.4, 0.5) is 51.2 Å². The maximum atomic E-state index is 6.45. The molecular formula is C81H72BN3O. The highest BCUT2D eigenvalue weighted by atomic mass is 16.3. The predicted octanol–water partition coefficient (Wildman–Crippen LogP) is 20.7. The fraction of sp³-hybridized carbons (Fsp3) is 0.185. The topological polar surface area (TPSA) is 22.9 Å². The van der Waals surface area contributed by atoms with Gasteiger partial charge < -0.3 is 19.1 Å². The molecule has 0 unspecified atom stereocenters. The van der Waals surface area contributed by atoms with E-state index < -0.39 is 0 Å². The molecule has 0 radical (unpaired) electrons. The van der Waals surface area contributed by atoms with E-state index in [0.717, 1.165) is 61.5 Å². The molecular weight excluding hydrogens is 1040 g/mol. The van der Waals surface area contributed by atoms with Crippen molar-refractivity contribution in [3.63, 3.8) is 0 Å². The van der Waals surface area contributed by atoms with E-state index >= 15 is 0 Å². The highest BCUT2D eigenvalue weighted by Gasteiger charge is 2.46. The second-order valence-corrected chi connectivity index (χ2v) is 27.8. The lowest BCUT2D eigenvalue weighted by Gasteiger charge is -2.46. The lowest BCUT2D eigenvalue weighted by atomic mass is 9.33. The van der Waals surface area contributed by atoms with Crippen LogP contribution in [0, 0.1) is 0 Å². The van der Waals surface area contributed by atoms with E-state index in [0.29, 0.717) is 0 Å². The van der Waals surface area contributed by atoms with Crippen molar-refractivity contribution in [3.8, 4) is 33.4 Å². The molecule has 0 fully saturated rings. The first-order valence-electron chi connectivity index (χ1n) is 30.7. The molecule has 0 saturated carbocycles. The van der Waals surface area contributed by atoms with Crippen molar-refractivity contribution < 1.29 is 4.42 Å². The van der Waals surface area contributed by atoms with Crippen LogP contribution in [-0.2, 0) is 21.7 Å². The van der Waals surface area contributed by atoms with Gasteiger partial charge in [-0.1, -0.05) is 222 Å². The quantitative estimate of drug-likeness (QED) is 0.148. The molecule has 0 N–H and O–H groups in total. The van der Waals surface area contributed by atoms with Gasteiger partial charge in [0.05, 0.1) is 5.69 Å². The lowest BCUT2D eigenvalue weighted by Crippen LogP contribution is -2.61. The number of fused-ring (bicyclic) bond motifs is 10. The number of furan rings is 1. The summed E-state index contributed by atoms with van der Waals surface area (Å²) in [6.07, 6.45) is 0. The SMILES string of the molecule is CC(C)(C)c1ccc(N(c2ccccc2)c2ccc3c(c2)N(c2ccc(-c4cccc5oc6ccccc6c45)cc2)c2cc(C(C)(C)C)cc4c2B3c2ccc(C(C)(C)C)cc2N4c2ccc3c(c2)C(C)(C)c2ccccc2-3)c(-c2ccccc2)c1. The van der Waals surface area contributed by atoms with E-state index in [2.05, 4.69) is 327 Å². The summed E-state index contributed by atoms with van der Waals surface area (Å²) in [6, 6.07) is 89.2. The Bertz CT molecular complexity index is 4680. The van der Waals surface area contributed by atoms with E-state index in [1.165, 1.54) is 89.2 Å². The average molecular weight is 1110 g/mol. The summed E-state index contributed by atoms with van der Waals surface area (Å²) < 4.78 is 6.45. The Kier molecular flexibility index (Phi) is 12.0. The minimum Gasteiger partial charge on any atom is -0.456 e. The van der Waals surface area contributed by atoms with E-state index in [9.17, 15) is 0 Å². The molecule has 5 heteroatoms. The highest BCUT2D eigenvalue weighted by Crippen LogP contribution is 2.54. The maximum absolute atomic E-state index is 6.45. The zero-order valence-corrected chi connectivity index (χ0v) is 51.3. The predicted molar refractivity (Wildman–Crippen MR) is 367 cm³/mol. The third-order valence-corrected chi connectivity index (χ3v) is 18.9. The van der Waals surface area contributed by atoms with Crippen LogP contribution in [0.15, 0.2) is 241 Å². The second-order valence-electron chi connectivity index (χ2n) is 27.8. The third-order valence-electron chi connectivity index (χ3n) is 18.9. The lowest BCUT2D eigenvalue weighted by molar-refractivity contribution is 0.590. The van der Waals surface area contributed by atoms with Crippen LogP contribution in [0.1, 0.15) is 104 Å². The Morgan fingerprint density at radius 3 is 1.65 bits per heavy atom. The van der Waals surface area contributed by atoms with Gasteiger partial charge >= 0.3 is 0 Å². The van der Waals surface area contributed by atoms with Gasteiger partial charge in [0.2, 0.25) is 0 Å². The van der Waals surface area contributed by atoms with Gasteiger partial charge in [-0.2, -0.15) is 0 Å². The van der Waals surface area contributed by atoms with Crippen molar-refractivity contribution in [3.05, 3.63) is 264 Å². The highest BCUT2D eigenvalue weighted by molar-refractivity contribution is 7.00. The normalized spacial score (nSPS) is 14.0. The number of rotatable bonds is 7. The maximum Gasteiger partial charge on any atom is 0.252 e. The zero-order chi connectivity index (χ0) is 59.2. The number of anilines is 9. The molecule has 86 heavy (non-hydrogen) atoms. The van der Waals surface area contributed by atoms with Crippen LogP contribution in [-0.4, -0.2) is 6.71 Å². The second kappa shape index (κ2) is 19.4. The largest absolute Gasteiger partial charge is 0.456 e. The fourth-order valence-corrected chi connectivity index (χ4v) is 14.3. The third kappa shape index (κ3) is 8.48. The van der Waals surface area contributed by atoms with Crippen LogP contribution < -0.4 is 31.1 Å². The molecule has 0 atom stereocenters. The summed E-state index contributed by atoms with van der Waals surface area (Å²) >= 11 is 0.